The third-order valence-corrected chi connectivity index (χ3v) is 1.44. The second-order valence-corrected chi connectivity index (χ2v) is 3.15. The molecule has 2 heteroatoms. The van der Waals surface area contributed by atoms with Gasteiger partial charge >= 0.3 is 0 Å². The predicted octanol–water partition coefficient (Wildman–Crippen LogP) is 1.17. The van der Waals surface area contributed by atoms with Crippen LogP contribution < -0.4 is 0 Å². The summed E-state index contributed by atoms with van der Waals surface area (Å²) in [5.41, 5.74) is 0. The first-order chi connectivity index (χ1) is 4.66. The topological polar surface area (TPSA) is 40.5 Å². The van der Waals surface area contributed by atoms with Crippen LogP contribution in [-0.2, 0) is 0 Å². The van der Waals surface area contributed by atoms with E-state index in [0.717, 1.165) is 12.8 Å². The Hall–Kier alpha value is -0.0800. The molecule has 0 bridgehead atoms. The molecule has 0 spiro atoms. The molecule has 0 rings (SSSR count). The molecule has 0 aromatic rings. The summed E-state index contributed by atoms with van der Waals surface area (Å²) in [6.45, 7) is 4.36. The molecule has 0 aromatic heterocycles. The van der Waals surface area contributed by atoms with Crippen LogP contribution in [-0.4, -0.2) is 22.9 Å². The Morgan fingerprint density at radius 3 is 2.30 bits per heavy atom. The van der Waals surface area contributed by atoms with Gasteiger partial charge < -0.3 is 10.2 Å². The molecule has 0 saturated carbocycles. The smallest absolute Gasteiger partial charge is 0.0543 e. The molecule has 2 nitrogen and oxygen atoms in total. The second kappa shape index (κ2) is 5.69. The molecule has 0 saturated heterocycles. The Bertz CT molecular complexity index is 71.7. The summed E-state index contributed by atoms with van der Waals surface area (Å²) in [4.78, 5) is 0. The maximum atomic E-state index is 9.24. The maximum absolute atomic E-state index is 9.24. The molecule has 0 aliphatic carbocycles. The molecule has 1 unspecified atom stereocenters. The number of aliphatic hydroxyl groups excluding tert-OH is 2. The predicted molar refractivity (Wildman–Crippen MR) is 41.8 cm³/mol. The fourth-order valence-electron chi connectivity index (χ4n) is 0.989. The van der Waals surface area contributed by atoms with Crippen molar-refractivity contribution in [3.63, 3.8) is 0 Å². The Labute approximate surface area is 62.9 Å². The first-order valence-corrected chi connectivity index (χ1v) is 3.95. The minimum absolute atomic E-state index is 0.190. The molecule has 0 fully saturated rings. The summed E-state index contributed by atoms with van der Waals surface area (Å²) in [7, 11) is 0. The average molecular weight is 146 g/mol. The standard InChI is InChI=1S/C8H18O2/c1-7(2)6-8(10)4-3-5-9/h7-10H,3-6H2,1-2H3. The fraction of sp³-hybridized carbons (Fsp3) is 1.00. The van der Waals surface area contributed by atoms with Gasteiger partial charge in [0.15, 0.2) is 0 Å². The van der Waals surface area contributed by atoms with Crippen molar-refractivity contribution in [1.82, 2.24) is 0 Å². The Morgan fingerprint density at radius 1 is 1.30 bits per heavy atom. The molecule has 0 aliphatic rings. The normalized spacial score (nSPS) is 14.1. The van der Waals surface area contributed by atoms with E-state index in [2.05, 4.69) is 13.8 Å². The zero-order valence-corrected chi connectivity index (χ0v) is 6.88. The lowest BCUT2D eigenvalue weighted by Gasteiger charge is -2.11. The van der Waals surface area contributed by atoms with Crippen LogP contribution in [0.4, 0.5) is 0 Å². The number of hydrogen-bond donors (Lipinski definition) is 2. The van der Waals surface area contributed by atoms with Gasteiger partial charge in [0.1, 0.15) is 0 Å². The second-order valence-electron chi connectivity index (χ2n) is 3.15. The quantitative estimate of drug-likeness (QED) is 0.611. The van der Waals surface area contributed by atoms with E-state index in [0.29, 0.717) is 12.3 Å². The third-order valence-electron chi connectivity index (χ3n) is 1.44. The van der Waals surface area contributed by atoms with Crippen LogP contribution in [0.25, 0.3) is 0 Å². The Balaban J connectivity index is 3.16. The highest BCUT2D eigenvalue weighted by molar-refractivity contribution is 4.57. The number of aliphatic hydroxyl groups is 2. The van der Waals surface area contributed by atoms with Crippen LogP contribution in [0.15, 0.2) is 0 Å². The molecule has 62 valence electrons. The van der Waals surface area contributed by atoms with Gasteiger partial charge in [0.2, 0.25) is 0 Å². The lowest BCUT2D eigenvalue weighted by Crippen LogP contribution is -2.10. The van der Waals surface area contributed by atoms with Gasteiger partial charge in [0.05, 0.1) is 6.10 Å². The maximum Gasteiger partial charge on any atom is 0.0543 e. The van der Waals surface area contributed by atoms with Crippen molar-refractivity contribution in [1.29, 1.82) is 0 Å². The van der Waals surface area contributed by atoms with Crippen LogP contribution in [0.2, 0.25) is 0 Å². The van der Waals surface area contributed by atoms with E-state index in [1.54, 1.807) is 0 Å². The average Bonchev–Trinajstić information content (AvgIpc) is 1.82. The van der Waals surface area contributed by atoms with Crippen LogP contribution in [0.5, 0.6) is 0 Å². The van der Waals surface area contributed by atoms with E-state index in [4.69, 9.17) is 5.11 Å². The zero-order valence-electron chi connectivity index (χ0n) is 6.88. The lowest BCUT2D eigenvalue weighted by molar-refractivity contribution is 0.127. The summed E-state index contributed by atoms with van der Waals surface area (Å²) < 4.78 is 0. The summed E-state index contributed by atoms with van der Waals surface area (Å²) in [5, 5.41) is 17.7. The van der Waals surface area contributed by atoms with Crippen molar-refractivity contribution in [3.8, 4) is 0 Å². The van der Waals surface area contributed by atoms with Gasteiger partial charge in [-0.3, -0.25) is 0 Å². The van der Waals surface area contributed by atoms with Crippen LogP contribution in [0.1, 0.15) is 33.1 Å². The van der Waals surface area contributed by atoms with E-state index >= 15 is 0 Å². The molecule has 10 heavy (non-hydrogen) atoms. The number of hydrogen-bond acceptors (Lipinski definition) is 2. The molecular formula is C8H18O2. The van der Waals surface area contributed by atoms with Crippen LogP contribution >= 0.6 is 0 Å². The van der Waals surface area contributed by atoms with Gasteiger partial charge in [-0.25, -0.2) is 0 Å². The van der Waals surface area contributed by atoms with Gasteiger partial charge in [0, 0.05) is 6.61 Å². The van der Waals surface area contributed by atoms with E-state index in [9.17, 15) is 5.11 Å². The minimum atomic E-state index is -0.216. The lowest BCUT2D eigenvalue weighted by atomic mass is 10.0. The SMILES string of the molecule is CC(C)CC(O)CCCO. The molecule has 0 heterocycles. The highest BCUT2D eigenvalue weighted by Gasteiger charge is 2.05. The van der Waals surface area contributed by atoms with E-state index in [1.807, 2.05) is 0 Å². The van der Waals surface area contributed by atoms with E-state index in [1.165, 1.54) is 0 Å². The summed E-state index contributed by atoms with van der Waals surface area (Å²) >= 11 is 0. The molecule has 1 atom stereocenters. The Kier molecular flexibility index (Phi) is 5.64. The molecule has 0 radical (unpaired) electrons. The van der Waals surface area contributed by atoms with Crippen molar-refractivity contribution in [3.05, 3.63) is 0 Å². The molecule has 0 aromatic carbocycles. The van der Waals surface area contributed by atoms with Crippen LogP contribution in [0, 0.1) is 5.92 Å². The molecule has 2 N–H and O–H groups in total. The van der Waals surface area contributed by atoms with Crippen LogP contribution in [0.3, 0.4) is 0 Å². The van der Waals surface area contributed by atoms with Crippen molar-refractivity contribution < 1.29 is 10.2 Å². The van der Waals surface area contributed by atoms with Gasteiger partial charge in [-0.1, -0.05) is 13.8 Å². The zero-order chi connectivity index (χ0) is 7.98. The largest absolute Gasteiger partial charge is 0.396 e. The third kappa shape index (κ3) is 6.05. The summed E-state index contributed by atoms with van der Waals surface area (Å²) in [6.07, 6.45) is 2.08. The minimum Gasteiger partial charge on any atom is -0.396 e. The highest BCUT2D eigenvalue weighted by atomic mass is 16.3. The van der Waals surface area contributed by atoms with Crippen molar-refractivity contribution in [2.45, 2.75) is 39.2 Å². The van der Waals surface area contributed by atoms with Gasteiger partial charge in [0.25, 0.3) is 0 Å². The summed E-state index contributed by atoms with van der Waals surface area (Å²) in [5.74, 6) is 0.550. The Morgan fingerprint density at radius 2 is 1.90 bits per heavy atom. The number of rotatable bonds is 5. The molecule has 0 amide bonds. The van der Waals surface area contributed by atoms with Gasteiger partial charge in [-0.05, 0) is 25.2 Å². The fourth-order valence-corrected chi connectivity index (χ4v) is 0.989. The van der Waals surface area contributed by atoms with Gasteiger partial charge in [-0.2, -0.15) is 0 Å². The molecular weight excluding hydrogens is 128 g/mol. The summed E-state index contributed by atoms with van der Waals surface area (Å²) in [6, 6.07) is 0. The van der Waals surface area contributed by atoms with Crippen molar-refractivity contribution in [2.75, 3.05) is 6.61 Å². The first-order valence-electron chi connectivity index (χ1n) is 3.95. The highest BCUT2D eigenvalue weighted by Crippen LogP contribution is 2.08. The van der Waals surface area contributed by atoms with E-state index < -0.39 is 0 Å². The van der Waals surface area contributed by atoms with Crippen molar-refractivity contribution in [2.24, 2.45) is 5.92 Å². The monoisotopic (exact) mass is 146 g/mol. The van der Waals surface area contributed by atoms with Crippen molar-refractivity contribution >= 4 is 0 Å². The first kappa shape index (κ1) is 9.92. The molecule has 0 aliphatic heterocycles. The van der Waals surface area contributed by atoms with Gasteiger partial charge in [-0.15, -0.1) is 0 Å². The van der Waals surface area contributed by atoms with E-state index in [-0.39, 0.29) is 12.7 Å².